The molecule has 0 aliphatic heterocycles. The Bertz CT molecular complexity index is 1310. The maximum Gasteiger partial charge on any atom is 0.225 e. The van der Waals surface area contributed by atoms with E-state index >= 15 is 0 Å². The van der Waals surface area contributed by atoms with Gasteiger partial charge >= 0.3 is 0 Å². The Balaban J connectivity index is 1.42. The average molecular weight is 452 g/mol. The predicted molar refractivity (Wildman–Crippen MR) is 124 cm³/mol. The molecule has 0 bridgehead atoms. The van der Waals surface area contributed by atoms with E-state index in [0.717, 1.165) is 39.8 Å². The third kappa shape index (κ3) is 3.91. The van der Waals surface area contributed by atoms with Gasteiger partial charge in [-0.3, -0.25) is 9.89 Å². The molecule has 3 N–H and O–H groups in total. The molecule has 1 aliphatic carbocycles. The van der Waals surface area contributed by atoms with Gasteiger partial charge in [0.25, 0.3) is 0 Å². The van der Waals surface area contributed by atoms with E-state index in [1.165, 1.54) is 10.4 Å². The molecule has 10 heteroatoms. The first-order chi connectivity index (χ1) is 15.3. The van der Waals surface area contributed by atoms with Gasteiger partial charge in [-0.25, -0.2) is 15.0 Å². The number of aliphatic hydroxyl groups is 1. The second-order valence-corrected chi connectivity index (χ2v) is 10.1. The number of carbonyl (C=O) groups is 1. The zero-order valence-corrected chi connectivity index (χ0v) is 19.0. The Labute approximate surface area is 188 Å². The second kappa shape index (κ2) is 7.79. The number of carbonyl (C=O) groups excluding carboxylic acids is 1. The van der Waals surface area contributed by atoms with Crippen molar-refractivity contribution in [3.05, 3.63) is 35.2 Å². The number of hydrogen-bond donors (Lipinski definition) is 3. The highest BCUT2D eigenvalue weighted by atomic mass is 32.1. The smallest absolute Gasteiger partial charge is 0.225 e. The average Bonchev–Trinajstić information content (AvgIpc) is 3.35. The summed E-state index contributed by atoms with van der Waals surface area (Å²) in [5.41, 5.74) is 1.18. The minimum absolute atomic E-state index is 0.0808. The topological polar surface area (TPSA) is 120 Å². The first-order valence-corrected chi connectivity index (χ1v) is 11.4. The van der Waals surface area contributed by atoms with Crippen molar-refractivity contribution < 1.29 is 9.90 Å². The molecule has 0 spiro atoms. The molecule has 1 amide bonds. The van der Waals surface area contributed by atoms with Crippen LogP contribution >= 0.6 is 11.3 Å². The molecular weight excluding hydrogens is 426 g/mol. The number of rotatable bonds is 5. The number of hydrogen-bond acceptors (Lipinski definition) is 8. The zero-order valence-electron chi connectivity index (χ0n) is 18.2. The third-order valence-electron chi connectivity index (χ3n) is 5.77. The molecule has 166 valence electrons. The Morgan fingerprint density at radius 3 is 3.00 bits per heavy atom. The van der Waals surface area contributed by atoms with Gasteiger partial charge in [-0.1, -0.05) is 0 Å². The van der Waals surface area contributed by atoms with Gasteiger partial charge in [-0.2, -0.15) is 5.10 Å². The highest BCUT2D eigenvalue weighted by Gasteiger charge is 2.32. The van der Waals surface area contributed by atoms with E-state index in [-0.39, 0.29) is 11.8 Å². The van der Waals surface area contributed by atoms with Gasteiger partial charge in [0.2, 0.25) is 5.91 Å². The van der Waals surface area contributed by atoms with Crippen LogP contribution < -0.4 is 5.32 Å². The summed E-state index contributed by atoms with van der Waals surface area (Å²) in [5, 5.41) is 22.3. The lowest BCUT2D eigenvalue weighted by Crippen LogP contribution is -2.43. The number of fused-ring (bicyclic) bond motifs is 4. The van der Waals surface area contributed by atoms with Crippen LogP contribution in [0.25, 0.3) is 21.1 Å². The van der Waals surface area contributed by atoms with Crippen LogP contribution in [0, 0.1) is 5.92 Å². The molecule has 0 saturated heterocycles. The Morgan fingerprint density at radius 2 is 2.19 bits per heavy atom. The lowest BCUT2D eigenvalue weighted by Gasteiger charge is -2.30. The van der Waals surface area contributed by atoms with Crippen molar-refractivity contribution in [2.75, 3.05) is 18.9 Å². The molecule has 0 saturated carbocycles. The SMILES string of the molecule is CN(CC(C)(C)O)C(=O)[C@H]1CCc2c(sc3ncnc(Nc4cc5cn[nH]c5cn4)c23)C1. The number of aryl methyl sites for hydroxylation is 1. The van der Waals surface area contributed by atoms with Crippen LogP contribution in [0.2, 0.25) is 0 Å². The molecule has 1 atom stereocenters. The number of thiophene rings is 1. The van der Waals surface area contributed by atoms with Crippen molar-refractivity contribution in [1.82, 2.24) is 30.0 Å². The van der Waals surface area contributed by atoms with Crippen LogP contribution in [-0.2, 0) is 17.6 Å². The number of aromatic nitrogens is 5. The van der Waals surface area contributed by atoms with Crippen LogP contribution in [0.5, 0.6) is 0 Å². The molecule has 4 heterocycles. The van der Waals surface area contributed by atoms with Crippen LogP contribution in [0.1, 0.15) is 30.7 Å². The largest absolute Gasteiger partial charge is 0.389 e. The highest BCUT2D eigenvalue weighted by molar-refractivity contribution is 7.19. The summed E-state index contributed by atoms with van der Waals surface area (Å²) in [6.07, 6.45) is 7.30. The fourth-order valence-corrected chi connectivity index (χ4v) is 5.69. The fraction of sp³-hybridized carbons (Fsp3) is 0.409. The van der Waals surface area contributed by atoms with Gasteiger partial charge in [0.15, 0.2) is 0 Å². The van der Waals surface area contributed by atoms with E-state index in [9.17, 15) is 9.90 Å². The van der Waals surface area contributed by atoms with Crippen molar-refractivity contribution in [2.45, 2.75) is 38.7 Å². The van der Waals surface area contributed by atoms with E-state index in [4.69, 9.17) is 0 Å². The molecule has 32 heavy (non-hydrogen) atoms. The maximum absolute atomic E-state index is 13.0. The lowest BCUT2D eigenvalue weighted by molar-refractivity contribution is -0.137. The molecule has 0 unspecified atom stereocenters. The van der Waals surface area contributed by atoms with Gasteiger partial charge in [0.1, 0.15) is 22.8 Å². The van der Waals surface area contributed by atoms with E-state index in [0.29, 0.717) is 18.8 Å². The fourth-order valence-electron chi connectivity index (χ4n) is 4.42. The van der Waals surface area contributed by atoms with Gasteiger partial charge in [0, 0.05) is 29.8 Å². The molecule has 0 aromatic carbocycles. The molecule has 0 radical (unpaired) electrons. The number of anilines is 2. The first-order valence-electron chi connectivity index (χ1n) is 10.6. The summed E-state index contributed by atoms with van der Waals surface area (Å²) >= 11 is 1.63. The Kier molecular flexibility index (Phi) is 5.06. The van der Waals surface area contributed by atoms with Crippen molar-refractivity contribution >= 4 is 50.0 Å². The number of amides is 1. The number of pyridine rings is 1. The molecular formula is C22H25N7O2S. The van der Waals surface area contributed by atoms with Crippen molar-refractivity contribution in [3.63, 3.8) is 0 Å². The number of nitrogens with zero attached hydrogens (tertiary/aromatic N) is 5. The molecule has 5 rings (SSSR count). The minimum Gasteiger partial charge on any atom is -0.389 e. The first kappa shape index (κ1) is 20.8. The Morgan fingerprint density at radius 1 is 1.34 bits per heavy atom. The van der Waals surface area contributed by atoms with E-state index in [1.54, 1.807) is 55.9 Å². The van der Waals surface area contributed by atoms with Crippen molar-refractivity contribution in [2.24, 2.45) is 5.92 Å². The summed E-state index contributed by atoms with van der Waals surface area (Å²) in [6, 6.07) is 1.93. The van der Waals surface area contributed by atoms with E-state index < -0.39 is 5.60 Å². The summed E-state index contributed by atoms with van der Waals surface area (Å²) in [7, 11) is 1.76. The van der Waals surface area contributed by atoms with Crippen LogP contribution in [0.3, 0.4) is 0 Å². The molecule has 4 aromatic rings. The van der Waals surface area contributed by atoms with Gasteiger partial charge in [-0.15, -0.1) is 11.3 Å². The second-order valence-electron chi connectivity index (χ2n) is 9.00. The predicted octanol–water partition coefficient (Wildman–Crippen LogP) is 3.04. The molecule has 0 fully saturated rings. The summed E-state index contributed by atoms with van der Waals surface area (Å²) < 4.78 is 0. The highest BCUT2D eigenvalue weighted by Crippen LogP contribution is 2.40. The normalized spacial score (nSPS) is 16.3. The molecule has 4 aromatic heterocycles. The maximum atomic E-state index is 13.0. The number of likely N-dealkylation sites (N-methyl/N-ethyl adjacent to an activating group) is 1. The van der Waals surface area contributed by atoms with Crippen LogP contribution in [-0.4, -0.2) is 60.3 Å². The third-order valence-corrected chi connectivity index (χ3v) is 6.93. The van der Waals surface area contributed by atoms with E-state index in [1.807, 2.05) is 6.07 Å². The van der Waals surface area contributed by atoms with Gasteiger partial charge in [-0.05, 0) is 44.7 Å². The van der Waals surface area contributed by atoms with Crippen LogP contribution in [0.15, 0.2) is 24.8 Å². The minimum atomic E-state index is -0.911. The van der Waals surface area contributed by atoms with Crippen molar-refractivity contribution in [1.29, 1.82) is 0 Å². The summed E-state index contributed by atoms with van der Waals surface area (Å²) in [5.74, 6) is 1.41. The number of H-pyrrole nitrogens is 1. The van der Waals surface area contributed by atoms with Crippen molar-refractivity contribution in [3.8, 4) is 0 Å². The molecule has 9 nitrogen and oxygen atoms in total. The summed E-state index contributed by atoms with van der Waals surface area (Å²) in [4.78, 5) is 30.1. The zero-order chi connectivity index (χ0) is 22.5. The Hall–Kier alpha value is -3.11. The summed E-state index contributed by atoms with van der Waals surface area (Å²) in [6.45, 7) is 3.75. The molecule has 1 aliphatic rings. The lowest BCUT2D eigenvalue weighted by atomic mass is 9.86. The van der Waals surface area contributed by atoms with Gasteiger partial charge in [0.05, 0.1) is 28.9 Å². The monoisotopic (exact) mass is 451 g/mol. The standard InChI is InChI=1S/C22H25N7O2S/c1-22(2,31)10-29(3)21(30)12-4-5-14-16(6-12)32-20-18(14)19(24-11-25-20)27-17-7-13-8-26-28-15(13)9-23-17/h7-9,11-12,31H,4-6,10H2,1-3H3,(H,26,28)(H,23,24,25,27)/t12-/m0/s1. The van der Waals surface area contributed by atoms with E-state index in [2.05, 4.69) is 30.5 Å². The quantitative estimate of drug-likeness (QED) is 0.426. The number of nitrogens with one attached hydrogen (secondary N) is 2. The number of aromatic amines is 1. The van der Waals surface area contributed by atoms with Crippen LogP contribution in [0.4, 0.5) is 11.6 Å². The van der Waals surface area contributed by atoms with Gasteiger partial charge < -0.3 is 15.3 Å².